The van der Waals surface area contributed by atoms with Gasteiger partial charge in [0.25, 0.3) is 5.91 Å². The fourth-order valence-electron chi connectivity index (χ4n) is 4.05. The van der Waals surface area contributed by atoms with E-state index in [0.717, 1.165) is 59.9 Å². The molecule has 2 aliphatic heterocycles. The number of fused-ring (bicyclic) bond motifs is 1. The van der Waals surface area contributed by atoms with E-state index < -0.39 is 11.7 Å². The highest BCUT2D eigenvalue weighted by molar-refractivity contribution is 7.97. The van der Waals surface area contributed by atoms with Crippen molar-refractivity contribution in [2.45, 2.75) is 36.5 Å². The Labute approximate surface area is 199 Å². The molecule has 0 unspecified atom stereocenters. The Kier molecular flexibility index (Phi) is 6.18. The number of alkyl halides is 3. The molecular weight excluding hydrogens is 463 g/mol. The molecule has 0 aliphatic carbocycles. The smallest absolute Gasteiger partial charge is 0.367 e. The van der Waals surface area contributed by atoms with Crippen LogP contribution in [0.1, 0.15) is 34.5 Å². The summed E-state index contributed by atoms with van der Waals surface area (Å²) >= 11 is 1.69. The van der Waals surface area contributed by atoms with E-state index >= 15 is 0 Å². The van der Waals surface area contributed by atoms with Crippen LogP contribution in [0, 0.1) is 0 Å². The Bertz CT molecular complexity index is 1180. The van der Waals surface area contributed by atoms with Gasteiger partial charge in [-0.3, -0.25) is 9.78 Å². The maximum absolute atomic E-state index is 12.7. The SMILES string of the molecule is O=C1NCc2ncc(-c3ccc(SN4CCC(Nc5ccc(C(F)(F)F)cn5)CC4)cc3)cc21. The van der Waals surface area contributed by atoms with Crippen LogP contribution in [0.5, 0.6) is 0 Å². The lowest BCUT2D eigenvalue weighted by Crippen LogP contribution is -2.35. The van der Waals surface area contributed by atoms with Crippen LogP contribution < -0.4 is 10.6 Å². The molecular formula is C24H22F3N5OS. The van der Waals surface area contributed by atoms with Crippen LogP contribution in [-0.4, -0.2) is 39.3 Å². The van der Waals surface area contributed by atoms with Crippen molar-refractivity contribution in [2.75, 3.05) is 18.4 Å². The Hall–Kier alpha value is -3.11. The van der Waals surface area contributed by atoms with Crippen LogP contribution in [-0.2, 0) is 12.7 Å². The first-order valence-corrected chi connectivity index (χ1v) is 11.7. The largest absolute Gasteiger partial charge is 0.417 e. The average molecular weight is 486 g/mol. The van der Waals surface area contributed by atoms with Crippen molar-refractivity contribution in [1.29, 1.82) is 0 Å². The van der Waals surface area contributed by atoms with Crippen molar-refractivity contribution in [3.63, 3.8) is 0 Å². The molecule has 0 radical (unpaired) electrons. The van der Waals surface area contributed by atoms with E-state index in [2.05, 4.69) is 37.0 Å². The summed E-state index contributed by atoms with van der Waals surface area (Å²) in [4.78, 5) is 21.3. The van der Waals surface area contributed by atoms with Gasteiger partial charge in [-0.15, -0.1) is 0 Å². The number of amides is 1. The van der Waals surface area contributed by atoms with E-state index in [4.69, 9.17) is 0 Å². The molecule has 3 aromatic rings. The third-order valence-electron chi connectivity index (χ3n) is 5.95. The quantitative estimate of drug-likeness (QED) is 0.497. The first-order valence-electron chi connectivity index (χ1n) is 11.0. The average Bonchev–Trinajstić information content (AvgIpc) is 3.21. The van der Waals surface area contributed by atoms with Gasteiger partial charge in [-0.05, 0) is 60.7 Å². The molecule has 0 spiro atoms. The van der Waals surface area contributed by atoms with Crippen molar-refractivity contribution in [3.8, 4) is 11.1 Å². The number of nitrogens with one attached hydrogen (secondary N) is 2. The minimum atomic E-state index is -4.37. The van der Waals surface area contributed by atoms with Crippen LogP contribution in [0.3, 0.4) is 0 Å². The van der Waals surface area contributed by atoms with E-state index in [9.17, 15) is 18.0 Å². The van der Waals surface area contributed by atoms with E-state index in [0.29, 0.717) is 17.9 Å². The number of hydrogen-bond donors (Lipinski definition) is 2. The molecule has 0 saturated carbocycles. The Morgan fingerprint density at radius 3 is 2.44 bits per heavy atom. The molecule has 1 aromatic carbocycles. The van der Waals surface area contributed by atoms with Crippen molar-refractivity contribution in [2.24, 2.45) is 0 Å². The molecule has 10 heteroatoms. The van der Waals surface area contributed by atoms with E-state index in [1.165, 1.54) is 6.07 Å². The van der Waals surface area contributed by atoms with Crippen LogP contribution in [0.4, 0.5) is 19.0 Å². The fraction of sp³-hybridized carbons (Fsp3) is 0.292. The third-order valence-corrected chi connectivity index (χ3v) is 7.06. The Balaban J connectivity index is 1.13. The summed E-state index contributed by atoms with van der Waals surface area (Å²) in [5, 5.41) is 6.02. The first kappa shape index (κ1) is 22.7. The van der Waals surface area contributed by atoms with Crippen LogP contribution >= 0.6 is 11.9 Å². The van der Waals surface area contributed by atoms with Crippen LogP contribution in [0.25, 0.3) is 11.1 Å². The van der Waals surface area contributed by atoms with Gasteiger partial charge in [-0.1, -0.05) is 12.1 Å². The molecule has 2 aromatic heterocycles. The summed E-state index contributed by atoms with van der Waals surface area (Å²) in [6.45, 7) is 2.19. The highest BCUT2D eigenvalue weighted by Crippen LogP contribution is 2.31. The zero-order valence-corrected chi connectivity index (χ0v) is 18.9. The summed E-state index contributed by atoms with van der Waals surface area (Å²) < 4.78 is 40.3. The number of piperidine rings is 1. The Morgan fingerprint density at radius 2 is 1.76 bits per heavy atom. The standard InChI is InChI=1S/C24H22F3N5OS/c25-24(26,27)17-3-6-22(29-13-17)31-18-7-9-32(10-8-18)34-19-4-1-15(2-5-19)16-11-20-21(28-12-16)14-30-23(20)33/h1-6,11-13,18H,7-10,14H2,(H,29,31)(H,30,33). The minimum Gasteiger partial charge on any atom is -0.367 e. The summed E-state index contributed by atoms with van der Waals surface area (Å²) in [5.41, 5.74) is 2.60. The molecule has 34 heavy (non-hydrogen) atoms. The number of halogens is 3. The van der Waals surface area contributed by atoms with Gasteiger partial charge in [0.15, 0.2) is 0 Å². The second-order valence-corrected chi connectivity index (χ2v) is 9.46. The minimum absolute atomic E-state index is 0.0801. The number of pyridine rings is 2. The van der Waals surface area contributed by atoms with Gasteiger partial charge in [-0.2, -0.15) is 13.2 Å². The molecule has 5 rings (SSSR count). The van der Waals surface area contributed by atoms with Crippen LogP contribution in [0.2, 0.25) is 0 Å². The highest BCUT2D eigenvalue weighted by Gasteiger charge is 2.31. The topological polar surface area (TPSA) is 70.2 Å². The molecule has 2 aliphatic rings. The molecule has 0 atom stereocenters. The number of rotatable bonds is 5. The van der Waals surface area contributed by atoms with Gasteiger partial charge in [-0.25, -0.2) is 9.29 Å². The molecule has 6 nitrogen and oxygen atoms in total. The number of anilines is 1. The lowest BCUT2D eigenvalue weighted by molar-refractivity contribution is -0.137. The predicted octanol–water partition coefficient (Wildman–Crippen LogP) is 4.99. The van der Waals surface area contributed by atoms with Crippen molar-refractivity contribution in [3.05, 3.63) is 71.7 Å². The number of carbonyl (C=O) groups excluding carboxylic acids is 1. The van der Waals surface area contributed by atoms with Crippen LogP contribution in [0.15, 0.2) is 59.8 Å². The molecule has 2 N–H and O–H groups in total. The summed E-state index contributed by atoms with van der Waals surface area (Å²) in [7, 11) is 0. The van der Waals surface area contributed by atoms with Crippen molar-refractivity contribution < 1.29 is 18.0 Å². The number of nitrogens with zero attached hydrogens (tertiary/aromatic N) is 3. The fourth-order valence-corrected chi connectivity index (χ4v) is 5.00. The van der Waals surface area contributed by atoms with Gasteiger partial charge >= 0.3 is 6.18 Å². The molecule has 1 saturated heterocycles. The van der Waals surface area contributed by atoms with E-state index in [1.807, 2.05) is 18.2 Å². The molecule has 176 valence electrons. The predicted molar refractivity (Wildman–Crippen MR) is 124 cm³/mol. The monoisotopic (exact) mass is 485 g/mol. The number of benzene rings is 1. The summed E-state index contributed by atoms with van der Waals surface area (Å²) in [6.07, 6.45) is 0.0310. The van der Waals surface area contributed by atoms with Gasteiger partial charge in [0.05, 0.1) is 23.4 Å². The van der Waals surface area contributed by atoms with Gasteiger partial charge in [0.1, 0.15) is 5.82 Å². The summed E-state index contributed by atoms with van der Waals surface area (Å²) in [5.74, 6) is 0.386. The van der Waals surface area contributed by atoms with Crippen molar-refractivity contribution >= 4 is 23.7 Å². The molecule has 0 bridgehead atoms. The van der Waals surface area contributed by atoms with Gasteiger partial charge in [0, 0.05) is 42.0 Å². The second kappa shape index (κ2) is 9.27. The lowest BCUT2D eigenvalue weighted by atomic mass is 10.1. The van der Waals surface area contributed by atoms with Gasteiger partial charge < -0.3 is 10.6 Å². The zero-order chi connectivity index (χ0) is 23.7. The summed E-state index contributed by atoms with van der Waals surface area (Å²) in [6, 6.07) is 12.7. The number of aromatic nitrogens is 2. The molecule has 1 amide bonds. The first-order chi connectivity index (χ1) is 16.3. The maximum atomic E-state index is 12.7. The number of hydrogen-bond acceptors (Lipinski definition) is 6. The molecule has 4 heterocycles. The van der Waals surface area contributed by atoms with E-state index in [1.54, 1.807) is 18.1 Å². The normalized spacial score (nSPS) is 16.9. The maximum Gasteiger partial charge on any atom is 0.417 e. The highest BCUT2D eigenvalue weighted by atomic mass is 32.2. The van der Waals surface area contributed by atoms with E-state index in [-0.39, 0.29) is 11.9 Å². The third kappa shape index (κ3) is 5.02. The lowest BCUT2D eigenvalue weighted by Gasteiger charge is -2.31. The Morgan fingerprint density at radius 1 is 1.00 bits per heavy atom. The van der Waals surface area contributed by atoms with Gasteiger partial charge in [0.2, 0.25) is 0 Å². The van der Waals surface area contributed by atoms with Crippen molar-refractivity contribution in [1.82, 2.24) is 19.6 Å². The molecule has 1 fully saturated rings. The second-order valence-electron chi connectivity index (χ2n) is 8.29. The zero-order valence-electron chi connectivity index (χ0n) is 18.1. The number of carbonyl (C=O) groups is 1.